The molecule has 3 rings (SSSR count). The minimum Gasteiger partial charge on any atom is -0.492 e. The maximum atomic E-state index is 6.30. The predicted octanol–water partition coefficient (Wildman–Crippen LogP) is 5.08. The topological polar surface area (TPSA) is 22.1 Å². The van der Waals surface area contributed by atoms with Gasteiger partial charge in [0.25, 0.3) is 0 Å². The Balaban J connectivity index is 2.36. The molecular formula is C14H10Cl3NO. The first-order valence-corrected chi connectivity index (χ1v) is 7.04. The van der Waals surface area contributed by atoms with Gasteiger partial charge in [-0.25, -0.2) is 0 Å². The summed E-state index contributed by atoms with van der Waals surface area (Å²) in [5, 5.41) is 2.03. The molecule has 19 heavy (non-hydrogen) atoms. The predicted molar refractivity (Wildman–Crippen MR) is 79.7 cm³/mol. The quantitative estimate of drug-likeness (QED) is 0.500. The van der Waals surface area contributed by atoms with E-state index in [2.05, 4.69) is 17.1 Å². The summed E-state index contributed by atoms with van der Waals surface area (Å²) in [6.07, 6.45) is 7.62. The molecule has 1 aromatic heterocycles. The Labute approximate surface area is 125 Å². The molecule has 0 atom stereocenters. The van der Waals surface area contributed by atoms with E-state index in [-0.39, 0.29) is 0 Å². The van der Waals surface area contributed by atoms with Gasteiger partial charge in [-0.3, -0.25) is 4.98 Å². The second-order valence-electron chi connectivity index (χ2n) is 4.30. The average molecular weight is 315 g/mol. The molecule has 0 aliphatic carbocycles. The summed E-state index contributed by atoms with van der Waals surface area (Å²) < 4.78 is 5.84. The van der Waals surface area contributed by atoms with Crippen LogP contribution in [-0.2, 0) is 6.42 Å². The number of halogens is 3. The van der Waals surface area contributed by atoms with Crippen molar-refractivity contribution >= 4 is 45.7 Å². The maximum Gasteiger partial charge on any atom is 0.135 e. The van der Waals surface area contributed by atoms with Crippen LogP contribution >= 0.6 is 34.8 Å². The number of rotatable bonds is 0. The van der Waals surface area contributed by atoms with E-state index in [1.54, 1.807) is 12.3 Å². The van der Waals surface area contributed by atoms with E-state index >= 15 is 0 Å². The summed E-state index contributed by atoms with van der Waals surface area (Å²) in [4.78, 5) is 4.38. The van der Waals surface area contributed by atoms with Crippen molar-refractivity contribution in [2.45, 2.75) is 12.8 Å². The number of benzene rings is 1. The van der Waals surface area contributed by atoms with Gasteiger partial charge in [0.05, 0.1) is 32.6 Å². The fourth-order valence-corrected chi connectivity index (χ4v) is 2.89. The molecule has 0 unspecified atom stereocenters. The summed E-state index contributed by atoms with van der Waals surface area (Å²) in [6, 6.07) is 1.61. The van der Waals surface area contributed by atoms with Crippen LogP contribution in [0, 0.1) is 0 Å². The summed E-state index contributed by atoms with van der Waals surface area (Å²) in [5.74, 6) is 0.740. The van der Waals surface area contributed by atoms with Gasteiger partial charge in [0, 0.05) is 11.8 Å². The largest absolute Gasteiger partial charge is 0.492 e. The Morgan fingerprint density at radius 2 is 1.95 bits per heavy atom. The molecule has 1 aliphatic rings. The highest BCUT2D eigenvalue weighted by atomic mass is 35.5. The zero-order valence-corrected chi connectivity index (χ0v) is 12.2. The first-order valence-electron chi connectivity index (χ1n) is 5.91. The van der Waals surface area contributed by atoms with Crippen molar-refractivity contribution in [1.82, 2.24) is 4.98 Å². The van der Waals surface area contributed by atoms with Crippen LogP contribution in [0.4, 0.5) is 0 Å². The van der Waals surface area contributed by atoms with E-state index in [1.165, 1.54) is 0 Å². The molecule has 0 bridgehead atoms. The van der Waals surface area contributed by atoms with Crippen LogP contribution in [0.3, 0.4) is 0 Å². The first-order chi connectivity index (χ1) is 9.18. The van der Waals surface area contributed by atoms with Crippen molar-refractivity contribution in [3.63, 3.8) is 0 Å². The van der Waals surface area contributed by atoms with Gasteiger partial charge in [0.1, 0.15) is 5.75 Å². The number of hydrogen-bond acceptors (Lipinski definition) is 2. The molecule has 1 aliphatic heterocycles. The third kappa shape index (κ3) is 2.29. The standard InChI is InChI=1S/C14H10Cl3NO/c15-9-6-10(16)13-11(12(9)17)14-8(7-18-13)4-2-1-3-5-19-14/h1-2,6-7H,3-5H2/b2-1-. The van der Waals surface area contributed by atoms with Crippen LogP contribution in [0.15, 0.2) is 24.4 Å². The maximum absolute atomic E-state index is 6.30. The number of pyridine rings is 1. The van der Waals surface area contributed by atoms with Crippen LogP contribution < -0.4 is 4.74 Å². The van der Waals surface area contributed by atoms with Gasteiger partial charge >= 0.3 is 0 Å². The summed E-state index contributed by atoms with van der Waals surface area (Å²) in [5.41, 5.74) is 1.61. The van der Waals surface area contributed by atoms with Crippen molar-refractivity contribution in [2.24, 2.45) is 0 Å². The number of nitrogens with zero attached hydrogens (tertiary/aromatic N) is 1. The molecule has 0 spiro atoms. The normalized spacial score (nSPS) is 16.4. The van der Waals surface area contributed by atoms with Gasteiger partial charge in [0.15, 0.2) is 0 Å². The minimum absolute atomic E-state index is 0.413. The van der Waals surface area contributed by atoms with Crippen molar-refractivity contribution in [1.29, 1.82) is 0 Å². The van der Waals surface area contributed by atoms with E-state index in [1.807, 2.05) is 0 Å². The van der Waals surface area contributed by atoms with Gasteiger partial charge in [-0.05, 0) is 18.9 Å². The van der Waals surface area contributed by atoms with E-state index < -0.39 is 0 Å². The van der Waals surface area contributed by atoms with Crippen LogP contribution in [0.2, 0.25) is 15.1 Å². The van der Waals surface area contributed by atoms with Crippen LogP contribution in [0.25, 0.3) is 10.9 Å². The molecule has 0 saturated heterocycles. The minimum atomic E-state index is 0.413. The zero-order valence-electron chi connectivity index (χ0n) is 9.92. The Morgan fingerprint density at radius 1 is 1.11 bits per heavy atom. The lowest BCUT2D eigenvalue weighted by Crippen LogP contribution is -2.03. The van der Waals surface area contributed by atoms with Crippen molar-refractivity contribution in [2.75, 3.05) is 6.61 Å². The first kappa shape index (κ1) is 13.0. The number of ether oxygens (including phenoxy) is 1. The van der Waals surface area contributed by atoms with Crippen molar-refractivity contribution < 1.29 is 4.74 Å². The molecule has 2 aromatic rings. The van der Waals surface area contributed by atoms with Crippen LogP contribution in [0.5, 0.6) is 5.75 Å². The van der Waals surface area contributed by atoms with Crippen LogP contribution in [0.1, 0.15) is 12.0 Å². The fourth-order valence-electron chi connectivity index (χ4n) is 2.15. The zero-order chi connectivity index (χ0) is 13.4. The van der Waals surface area contributed by atoms with E-state index in [9.17, 15) is 0 Å². The van der Waals surface area contributed by atoms with Crippen molar-refractivity contribution in [3.05, 3.63) is 45.0 Å². The molecule has 2 heterocycles. The monoisotopic (exact) mass is 313 g/mol. The second kappa shape index (κ2) is 5.20. The molecule has 0 amide bonds. The summed E-state index contributed by atoms with van der Waals surface area (Å²) >= 11 is 18.6. The molecule has 1 aromatic carbocycles. The Hall–Kier alpha value is -0.960. The average Bonchev–Trinajstić information content (AvgIpc) is 2.36. The lowest BCUT2D eigenvalue weighted by molar-refractivity contribution is 0.324. The molecular weight excluding hydrogens is 305 g/mol. The third-order valence-corrected chi connectivity index (χ3v) is 4.12. The van der Waals surface area contributed by atoms with Crippen molar-refractivity contribution in [3.8, 4) is 5.75 Å². The van der Waals surface area contributed by atoms with E-state index in [0.29, 0.717) is 32.6 Å². The SMILES string of the molecule is Clc1cc(Cl)c2ncc3c(c2c1Cl)OCC/C=C\C3. The molecule has 98 valence electrons. The molecule has 0 fully saturated rings. The number of fused-ring (bicyclic) bond motifs is 3. The highest BCUT2D eigenvalue weighted by molar-refractivity contribution is 6.48. The van der Waals surface area contributed by atoms with Crippen LogP contribution in [-0.4, -0.2) is 11.6 Å². The van der Waals surface area contributed by atoms with E-state index in [4.69, 9.17) is 39.5 Å². The van der Waals surface area contributed by atoms with E-state index in [0.717, 1.165) is 24.2 Å². The van der Waals surface area contributed by atoms with Gasteiger partial charge in [-0.2, -0.15) is 0 Å². The Morgan fingerprint density at radius 3 is 2.79 bits per heavy atom. The van der Waals surface area contributed by atoms with Gasteiger partial charge in [-0.1, -0.05) is 47.0 Å². The molecule has 0 radical (unpaired) electrons. The number of aromatic nitrogens is 1. The Bertz CT molecular complexity index is 682. The Kier molecular flexibility index (Phi) is 3.57. The van der Waals surface area contributed by atoms with Gasteiger partial charge < -0.3 is 4.74 Å². The molecule has 5 heteroatoms. The smallest absolute Gasteiger partial charge is 0.135 e. The highest BCUT2D eigenvalue weighted by Gasteiger charge is 2.18. The number of hydrogen-bond donors (Lipinski definition) is 0. The molecule has 2 nitrogen and oxygen atoms in total. The fraction of sp³-hybridized carbons (Fsp3) is 0.214. The lowest BCUT2D eigenvalue weighted by atomic mass is 10.1. The molecule has 0 saturated carbocycles. The highest BCUT2D eigenvalue weighted by Crippen LogP contribution is 2.41. The summed E-state index contributed by atoms with van der Waals surface area (Å²) in [6.45, 7) is 0.600. The molecule has 0 N–H and O–H groups in total. The summed E-state index contributed by atoms with van der Waals surface area (Å²) in [7, 11) is 0. The third-order valence-electron chi connectivity index (χ3n) is 3.05. The van der Waals surface area contributed by atoms with Gasteiger partial charge in [0.2, 0.25) is 0 Å². The van der Waals surface area contributed by atoms with Gasteiger partial charge in [-0.15, -0.1) is 0 Å². The lowest BCUT2D eigenvalue weighted by Gasteiger charge is -2.16. The number of allylic oxidation sites excluding steroid dienone is 1. The second-order valence-corrected chi connectivity index (χ2v) is 5.50.